The van der Waals surface area contributed by atoms with Crippen LogP contribution in [0, 0.1) is 0 Å². The summed E-state index contributed by atoms with van der Waals surface area (Å²) in [6.07, 6.45) is 5.16. The molecule has 2 unspecified atom stereocenters. The van der Waals surface area contributed by atoms with E-state index in [4.69, 9.17) is 9.47 Å². The predicted molar refractivity (Wildman–Crippen MR) is 139 cm³/mol. The first kappa shape index (κ1) is 24.0. The van der Waals surface area contributed by atoms with E-state index in [1.54, 1.807) is 7.11 Å². The summed E-state index contributed by atoms with van der Waals surface area (Å²) in [6.45, 7) is 5.10. The normalized spacial score (nSPS) is 13.5. The number of benzene rings is 3. The zero-order valence-electron chi connectivity index (χ0n) is 19.6. The second-order valence-electron chi connectivity index (χ2n) is 7.92. The monoisotopic (exact) mass is 447 g/mol. The highest BCUT2D eigenvalue weighted by Crippen LogP contribution is 2.52. The number of rotatable bonds is 11. The van der Waals surface area contributed by atoms with E-state index in [0.29, 0.717) is 15.2 Å². The minimum Gasteiger partial charge on any atom is -0.497 e. The SMILES string of the molecule is CCCC(CC)(Pc1ccccc1/C=N/C)c1cc(OC)ccc1OCc1ccccc1. The summed E-state index contributed by atoms with van der Waals surface area (Å²) >= 11 is 0. The van der Waals surface area contributed by atoms with Crippen LogP contribution in [0.25, 0.3) is 0 Å². The number of methoxy groups -OCH3 is 1. The highest BCUT2D eigenvalue weighted by atomic mass is 31.1. The van der Waals surface area contributed by atoms with Crippen molar-refractivity contribution >= 4 is 20.1 Å². The molecule has 0 aliphatic rings. The summed E-state index contributed by atoms with van der Waals surface area (Å²) in [5, 5.41) is 1.30. The fourth-order valence-electron chi connectivity index (χ4n) is 4.14. The Kier molecular flexibility index (Phi) is 8.88. The lowest BCUT2D eigenvalue weighted by Crippen LogP contribution is -2.25. The van der Waals surface area contributed by atoms with Gasteiger partial charge in [0.15, 0.2) is 0 Å². The first-order valence-electron chi connectivity index (χ1n) is 11.3. The summed E-state index contributed by atoms with van der Waals surface area (Å²) in [7, 11) is 4.16. The zero-order valence-corrected chi connectivity index (χ0v) is 20.6. The molecular weight excluding hydrogens is 413 g/mol. The van der Waals surface area contributed by atoms with Crippen molar-refractivity contribution in [2.75, 3.05) is 14.2 Å². The smallest absolute Gasteiger partial charge is 0.124 e. The Labute approximate surface area is 194 Å². The van der Waals surface area contributed by atoms with Gasteiger partial charge in [-0.25, -0.2) is 0 Å². The second kappa shape index (κ2) is 11.8. The van der Waals surface area contributed by atoms with Gasteiger partial charge in [-0.15, -0.1) is 0 Å². The zero-order chi connectivity index (χ0) is 22.8. The van der Waals surface area contributed by atoms with Gasteiger partial charge in [-0.1, -0.05) is 83.4 Å². The topological polar surface area (TPSA) is 30.8 Å². The lowest BCUT2D eigenvalue weighted by Gasteiger charge is -2.35. The van der Waals surface area contributed by atoms with E-state index in [1.165, 1.54) is 22.0 Å². The standard InChI is InChI=1S/C28H34NO2P/c1-5-18-28(6-2,32-27-15-11-10-14-23(27)20-29-3)25-19-24(30-4)16-17-26(25)31-21-22-12-8-7-9-13-22/h7-17,19-20,32H,5-6,18,21H2,1-4H3/b29-20+. The maximum Gasteiger partial charge on any atom is 0.124 e. The molecule has 3 aromatic carbocycles. The first-order chi connectivity index (χ1) is 15.7. The van der Waals surface area contributed by atoms with Gasteiger partial charge < -0.3 is 9.47 Å². The Morgan fingerprint density at radius 3 is 2.41 bits per heavy atom. The van der Waals surface area contributed by atoms with Crippen molar-refractivity contribution in [1.82, 2.24) is 0 Å². The highest BCUT2D eigenvalue weighted by Gasteiger charge is 2.34. The molecule has 0 bridgehead atoms. The molecule has 0 amide bonds. The van der Waals surface area contributed by atoms with Gasteiger partial charge >= 0.3 is 0 Å². The largest absolute Gasteiger partial charge is 0.497 e. The number of ether oxygens (including phenoxy) is 2. The number of hydrogen-bond acceptors (Lipinski definition) is 3. The van der Waals surface area contributed by atoms with Crippen LogP contribution in [0.4, 0.5) is 0 Å². The fourth-order valence-corrected chi connectivity index (χ4v) is 6.01. The number of aliphatic imine (C=N–C) groups is 1. The second-order valence-corrected chi connectivity index (χ2v) is 9.67. The molecule has 0 N–H and O–H groups in total. The van der Waals surface area contributed by atoms with E-state index >= 15 is 0 Å². The molecule has 3 rings (SSSR count). The third kappa shape index (κ3) is 5.78. The lowest BCUT2D eigenvalue weighted by atomic mass is 9.89. The Bertz CT molecular complexity index is 1020. The van der Waals surface area contributed by atoms with Crippen molar-refractivity contribution in [2.24, 2.45) is 4.99 Å². The molecule has 0 radical (unpaired) electrons. The summed E-state index contributed by atoms with van der Waals surface area (Å²) in [6, 6.07) is 25.2. The quantitative estimate of drug-likeness (QED) is 0.241. The minimum absolute atomic E-state index is 0.0347. The van der Waals surface area contributed by atoms with Gasteiger partial charge in [0.05, 0.1) is 7.11 Å². The molecule has 0 spiro atoms. The van der Waals surface area contributed by atoms with Gasteiger partial charge in [0.25, 0.3) is 0 Å². The highest BCUT2D eigenvalue weighted by molar-refractivity contribution is 7.48. The Morgan fingerprint density at radius 2 is 1.72 bits per heavy atom. The first-order valence-corrected chi connectivity index (χ1v) is 12.3. The van der Waals surface area contributed by atoms with Crippen molar-refractivity contribution in [3.63, 3.8) is 0 Å². The Balaban J connectivity index is 2.05. The molecule has 4 heteroatoms. The van der Waals surface area contributed by atoms with E-state index in [-0.39, 0.29) is 5.16 Å². The Hall–Kier alpha value is -2.64. The molecule has 168 valence electrons. The van der Waals surface area contributed by atoms with Crippen LogP contribution in [0.5, 0.6) is 11.5 Å². The number of hydrogen-bond donors (Lipinski definition) is 0. The molecule has 0 heterocycles. The summed E-state index contributed by atoms with van der Waals surface area (Å²) in [5.41, 5.74) is 3.59. The average Bonchev–Trinajstić information content (AvgIpc) is 2.84. The van der Waals surface area contributed by atoms with Crippen LogP contribution in [-0.4, -0.2) is 20.4 Å². The summed E-state index contributed by atoms with van der Waals surface area (Å²) in [5.74, 6) is 1.81. The minimum atomic E-state index is -0.0347. The van der Waals surface area contributed by atoms with Gasteiger partial charge in [0.2, 0.25) is 0 Å². The van der Waals surface area contributed by atoms with Gasteiger partial charge in [-0.3, -0.25) is 4.99 Å². The molecular formula is C28H34NO2P. The molecule has 3 nitrogen and oxygen atoms in total. The van der Waals surface area contributed by atoms with E-state index in [0.717, 1.165) is 30.8 Å². The third-order valence-corrected chi connectivity index (χ3v) is 7.90. The summed E-state index contributed by atoms with van der Waals surface area (Å²) < 4.78 is 12.0. The van der Waals surface area contributed by atoms with Crippen LogP contribution in [0.3, 0.4) is 0 Å². The van der Waals surface area contributed by atoms with E-state index < -0.39 is 0 Å². The average molecular weight is 448 g/mol. The van der Waals surface area contributed by atoms with Crippen LogP contribution in [0.1, 0.15) is 49.8 Å². The molecule has 0 saturated heterocycles. The maximum atomic E-state index is 6.41. The lowest BCUT2D eigenvalue weighted by molar-refractivity contribution is 0.297. The van der Waals surface area contributed by atoms with Crippen LogP contribution >= 0.6 is 8.58 Å². The molecule has 0 aliphatic carbocycles. The fraction of sp³-hybridized carbons (Fsp3) is 0.321. The van der Waals surface area contributed by atoms with Crippen molar-refractivity contribution in [1.29, 1.82) is 0 Å². The molecule has 0 aromatic heterocycles. The van der Waals surface area contributed by atoms with Crippen LogP contribution < -0.4 is 14.8 Å². The maximum absolute atomic E-state index is 6.41. The van der Waals surface area contributed by atoms with E-state index in [1.807, 2.05) is 25.4 Å². The molecule has 0 aliphatic heterocycles. The van der Waals surface area contributed by atoms with Crippen LogP contribution in [0.2, 0.25) is 0 Å². The van der Waals surface area contributed by atoms with Gasteiger partial charge in [0.1, 0.15) is 18.1 Å². The Morgan fingerprint density at radius 1 is 0.969 bits per heavy atom. The molecule has 2 atom stereocenters. The van der Waals surface area contributed by atoms with Gasteiger partial charge in [-0.05, 0) is 47.5 Å². The van der Waals surface area contributed by atoms with Crippen LogP contribution in [0.15, 0.2) is 77.8 Å². The van der Waals surface area contributed by atoms with Crippen molar-refractivity contribution in [2.45, 2.75) is 44.9 Å². The van der Waals surface area contributed by atoms with Crippen molar-refractivity contribution < 1.29 is 9.47 Å². The van der Waals surface area contributed by atoms with Crippen molar-refractivity contribution in [3.05, 3.63) is 89.5 Å². The van der Waals surface area contributed by atoms with E-state index in [2.05, 4.69) is 79.5 Å². The van der Waals surface area contributed by atoms with Gasteiger partial charge in [-0.2, -0.15) is 0 Å². The van der Waals surface area contributed by atoms with E-state index in [9.17, 15) is 0 Å². The molecule has 0 saturated carbocycles. The summed E-state index contributed by atoms with van der Waals surface area (Å²) in [4.78, 5) is 4.28. The molecule has 0 fully saturated rings. The number of nitrogens with zero attached hydrogens (tertiary/aromatic N) is 1. The third-order valence-electron chi connectivity index (χ3n) is 5.82. The van der Waals surface area contributed by atoms with Crippen LogP contribution in [-0.2, 0) is 11.8 Å². The van der Waals surface area contributed by atoms with Gasteiger partial charge in [0, 0.05) is 24.0 Å². The molecule has 3 aromatic rings. The molecule has 32 heavy (non-hydrogen) atoms. The predicted octanol–water partition coefficient (Wildman–Crippen LogP) is 6.73. The van der Waals surface area contributed by atoms with Crippen molar-refractivity contribution in [3.8, 4) is 11.5 Å².